The van der Waals surface area contributed by atoms with E-state index in [0.717, 1.165) is 12.2 Å². The third-order valence-electron chi connectivity index (χ3n) is 3.03. The van der Waals surface area contributed by atoms with Gasteiger partial charge in [-0.05, 0) is 50.6 Å². The van der Waals surface area contributed by atoms with Gasteiger partial charge in [0, 0.05) is 17.3 Å². The van der Waals surface area contributed by atoms with Crippen molar-refractivity contribution in [1.29, 1.82) is 0 Å². The number of nitrogens with one attached hydrogen (secondary N) is 1. The predicted molar refractivity (Wildman–Crippen MR) is 92.4 cm³/mol. The molecule has 0 heterocycles. The molecule has 0 radical (unpaired) electrons. The zero-order valence-corrected chi connectivity index (χ0v) is 13.8. The number of ether oxygens (including phenoxy) is 2. The summed E-state index contributed by atoms with van der Waals surface area (Å²) in [4.78, 5) is 12.4. The van der Waals surface area contributed by atoms with Gasteiger partial charge in [-0.25, -0.2) is 0 Å². The number of carbonyl (C=O) groups excluding carboxylic acids is 1. The smallest absolute Gasteiger partial charge is 0.255 e. The highest BCUT2D eigenvalue weighted by atomic mass is 16.5. The van der Waals surface area contributed by atoms with Crippen molar-refractivity contribution in [2.45, 2.75) is 33.3 Å². The summed E-state index contributed by atoms with van der Waals surface area (Å²) in [6, 6.07) is 14.6. The van der Waals surface area contributed by atoms with Crippen molar-refractivity contribution in [1.82, 2.24) is 0 Å². The number of anilines is 1. The Morgan fingerprint density at radius 2 is 1.83 bits per heavy atom. The first-order valence-electron chi connectivity index (χ1n) is 7.89. The van der Waals surface area contributed by atoms with Crippen LogP contribution in [0.1, 0.15) is 37.6 Å². The van der Waals surface area contributed by atoms with Gasteiger partial charge in [-0.1, -0.05) is 19.1 Å². The summed E-state index contributed by atoms with van der Waals surface area (Å²) in [5.41, 5.74) is 1.27. The van der Waals surface area contributed by atoms with Crippen molar-refractivity contribution >= 4 is 11.6 Å². The van der Waals surface area contributed by atoms with Gasteiger partial charge in [-0.3, -0.25) is 4.79 Å². The van der Waals surface area contributed by atoms with Crippen molar-refractivity contribution in [2.75, 3.05) is 11.9 Å². The molecule has 0 aliphatic rings. The number of hydrogen-bond acceptors (Lipinski definition) is 3. The number of amides is 1. The summed E-state index contributed by atoms with van der Waals surface area (Å²) in [5, 5.41) is 2.88. The van der Waals surface area contributed by atoms with Crippen LogP contribution in [0.4, 0.5) is 5.69 Å². The zero-order valence-electron chi connectivity index (χ0n) is 13.8. The molecule has 0 saturated heterocycles. The largest absolute Gasteiger partial charge is 0.494 e. The average molecular weight is 313 g/mol. The molecule has 122 valence electrons. The standard InChI is InChI=1S/C19H23NO3/c1-4-11-22-17-9-6-8-16(13-17)20-19(21)15-7-5-10-18(12-15)23-14(2)3/h5-10,12-14H,4,11H2,1-3H3,(H,20,21). The Labute approximate surface area is 137 Å². The molecule has 4 nitrogen and oxygen atoms in total. The fraction of sp³-hybridized carbons (Fsp3) is 0.316. The van der Waals surface area contributed by atoms with Gasteiger partial charge in [0.1, 0.15) is 11.5 Å². The van der Waals surface area contributed by atoms with E-state index in [1.54, 1.807) is 12.1 Å². The molecule has 2 aromatic rings. The van der Waals surface area contributed by atoms with Crippen LogP contribution in [0.15, 0.2) is 48.5 Å². The molecule has 0 aliphatic heterocycles. The summed E-state index contributed by atoms with van der Waals surface area (Å²) < 4.78 is 11.2. The lowest BCUT2D eigenvalue weighted by Crippen LogP contribution is -2.13. The van der Waals surface area contributed by atoms with Gasteiger partial charge in [0.15, 0.2) is 0 Å². The topological polar surface area (TPSA) is 47.6 Å². The van der Waals surface area contributed by atoms with Crippen molar-refractivity contribution in [3.8, 4) is 11.5 Å². The van der Waals surface area contributed by atoms with Crippen LogP contribution in [0.3, 0.4) is 0 Å². The van der Waals surface area contributed by atoms with E-state index >= 15 is 0 Å². The summed E-state index contributed by atoms with van der Waals surface area (Å²) in [7, 11) is 0. The van der Waals surface area contributed by atoms with Crippen LogP contribution >= 0.6 is 0 Å². The van der Waals surface area contributed by atoms with E-state index in [1.165, 1.54) is 0 Å². The summed E-state index contributed by atoms with van der Waals surface area (Å²) in [6.45, 7) is 6.62. The van der Waals surface area contributed by atoms with Gasteiger partial charge in [-0.2, -0.15) is 0 Å². The van der Waals surface area contributed by atoms with Crippen LogP contribution in [0.5, 0.6) is 11.5 Å². The van der Waals surface area contributed by atoms with Gasteiger partial charge >= 0.3 is 0 Å². The molecule has 0 aromatic heterocycles. The Kier molecular flexibility index (Phi) is 6.03. The molecule has 0 aliphatic carbocycles. The maximum absolute atomic E-state index is 12.4. The van der Waals surface area contributed by atoms with E-state index in [2.05, 4.69) is 12.2 Å². The highest BCUT2D eigenvalue weighted by molar-refractivity contribution is 6.04. The minimum atomic E-state index is -0.174. The summed E-state index contributed by atoms with van der Waals surface area (Å²) in [6.07, 6.45) is 1.01. The van der Waals surface area contributed by atoms with E-state index in [0.29, 0.717) is 23.6 Å². The highest BCUT2D eigenvalue weighted by Gasteiger charge is 2.08. The molecule has 1 N–H and O–H groups in total. The van der Waals surface area contributed by atoms with Crippen molar-refractivity contribution in [2.24, 2.45) is 0 Å². The molecule has 4 heteroatoms. The molecule has 1 amide bonds. The number of benzene rings is 2. The lowest BCUT2D eigenvalue weighted by Gasteiger charge is -2.11. The molecule has 0 atom stereocenters. The molecule has 23 heavy (non-hydrogen) atoms. The van der Waals surface area contributed by atoms with E-state index in [-0.39, 0.29) is 12.0 Å². The van der Waals surface area contributed by atoms with E-state index in [4.69, 9.17) is 9.47 Å². The normalized spacial score (nSPS) is 10.4. The molecule has 2 rings (SSSR count). The SMILES string of the molecule is CCCOc1cccc(NC(=O)c2cccc(OC(C)C)c2)c1. The second kappa shape index (κ2) is 8.22. The van der Waals surface area contributed by atoms with Crippen LogP contribution < -0.4 is 14.8 Å². The van der Waals surface area contributed by atoms with E-state index in [9.17, 15) is 4.79 Å². The fourth-order valence-corrected chi connectivity index (χ4v) is 2.07. The molecule has 0 unspecified atom stereocenters. The molecular weight excluding hydrogens is 290 g/mol. The van der Waals surface area contributed by atoms with Crippen LogP contribution in [0, 0.1) is 0 Å². The lowest BCUT2D eigenvalue weighted by molar-refractivity contribution is 0.102. The predicted octanol–water partition coefficient (Wildman–Crippen LogP) is 4.51. The maximum Gasteiger partial charge on any atom is 0.255 e. The second-order valence-electron chi connectivity index (χ2n) is 5.52. The van der Waals surface area contributed by atoms with Gasteiger partial charge in [-0.15, -0.1) is 0 Å². The third-order valence-corrected chi connectivity index (χ3v) is 3.03. The third kappa shape index (κ3) is 5.33. The first-order valence-corrected chi connectivity index (χ1v) is 7.89. The minimum Gasteiger partial charge on any atom is -0.494 e. The first-order chi connectivity index (χ1) is 11.1. The highest BCUT2D eigenvalue weighted by Crippen LogP contribution is 2.20. The maximum atomic E-state index is 12.4. The molecule has 0 saturated carbocycles. The van der Waals surface area contributed by atoms with Gasteiger partial charge in [0.05, 0.1) is 12.7 Å². The van der Waals surface area contributed by atoms with Crippen LogP contribution in [0.25, 0.3) is 0 Å². The molecule has 2 aromatic carbocycles. The van der Waals surface area contributed by atoms with Crippen molar-refractivity contribution in [3.63, 3.8) is 0 Å². The monoisotopic (exact) mass is 313 g/mol. The number of hydrogen-bond donors (Lipinski definition) is 1. The quantitative estimate of drug-likeness (QED) is 0.818. The Balaban J connectivity index is 2.06. The Morgan fingerprint density at radius 3 is 2.57 bits per heavy atom. The first kappa shape index (κ1) is 16.9. The molecule has 0 spiro atoms. The van der Waals surface area contributed by atoms with Crippen molar-refractivity contribution in [3.05, 3.63) is 54.1 Å². The summed E-state index contributed by atoms with van der Waals surface area (Å²) in [5.74, 6) is 1.26. The fourth-order valence-electron chi connectivity index (χ4n) is 2.07. The Hall–Kier alpha value is -2.49. The number of rotatable bonds is 7. The Morgan fingerprint density at radius 1 is 1.09 bits per heavy atom. The van der Waals surface area contributed by atoms with Crippen LogP contribution in [0.2, 0.25) is 0 Å². The second-order valence-corrected chi connectivity index (χ2v) is 5.52. The zero-order chi connectivity index (χ0) is 16.7. The van der Waals surface area contributed by atoms with E-state index < -0.39 is 0 Å². The minimum absolute atomic E-state index is 0.0701. The number of carbonyl (C=O) groups is 1. The summed E-state index contributed by atoms with van der Waals surface area (Å²) >= 11 is 0. The molecule has 0 bridgehead atoms. The van der Waals surface area contributed by atoms with E-state index in [1.807, 2.05) is 50.2 Å². The average Bonchev–Trinajstić information content (AvgIpc) is 2.53. The van der Waals surface area contributed by atoms with Crippen LogP contribution in [-0.4, -0.2) is 18.6 Å². The molecular formula is C19H23NO3. The van der Waals surface area contributed by atoms with Gasteiger partial charge in [0.25, 0.3) is 5.91 Å². The lowest BCUT2D eigenvalue weighted by atomic mass is 10.2. The van der Waals surface area contributed by atoms with Gasteiger partial charge < -0.3 is 14.8 Å². The molecule has 0 fully saturated rings. The van der Waals surface area contributed by atoms with Crippen molar-refractivity contribution < 1.29 is 14.3 Å². The Bertz CT molecular complexity index is 653. The van der Waals surface area contributed by atoms with Crippen LogP contribution in [-0.2, 0) is 0 Å². The van der Waals surface area contributed by atoms with Gasteiger partial charge in [0.2, 0.25) is 0 Å².